The Balaban J connectivity index is 1.02. The van der Waals surface area contributed by atoms with Crippen molar-refractivity contribution in [2.24, 2.45) is 9.98 Å². The quantitative estimate of drug-likeness (QED) is 0.149. The van der Waals surface area contributed by atoms with E-state index in [1.54, 1.807) is 0 Å². The third kappa shape index (κ3) is 5.85. The van der Waals surface area contributed by atoms with E-state index in [1.165, 1.54) is 64.2 Å². The molecule has 0 radical (unpaired) electrons. The van der Waals surface area contributed by atoms with Crippen molar-refractivity contribution in [2.45, 2.75) is 0 Å². The molecule has 1 aliphatic rings. The van der Waals surface area contributed by atoms with Crippen molar-refractivity contribution < 1.29 is 0 Å². The van der Waals surface area contributed by atoms with E-state index in [0.29, 0.717) is 0 Å². The monoisotopic (exact) mass is 859 g/mol. The Bertz CT molecular complexity index is 3350. The Kier molecular flexibility index (Phi) is 8.30. The molecule has 57 heavy (non-hydrogen) atoms. The fourth-order valence-corrected chi connectivity index (χ4v) is 13.1. The Hall–Kier alpha value is -6.41. The normalized spacial score (nSPS) is 13.4. The minimum atomic E-state index is -2.28. The summed E-state index contributed by atoms with van der Waals surface area (Å²) in [5, 5.41) is 5.13. The van der Waals surface area contributed by atoms with Crippen LogP contribution in [0.3, 0.4) is 0 Å². The van der Waals surface area contributed by atoms with E-state index in [9.17, 15) is 0 Å². The van der Waals surface area contributed by atoms with Crippen LogP contribution >= 0.6 is 30.2 Å². The lowest BCUT2D eigenvalue weighted by molar-refractivity contribution is 1.18. The van der Waals surface area contributed by atoms with E-state index in [1.807, 2.05) is 29.5 Å². The van der Waals surface area contributed by atoms with Crippen LogP contribution in [0, 0.1) is 0 Å². The Morgan fingerprint density at radius 2 is 1.07 bits per heavy atom. The topological polar surface area (TPSA) is 29.6 Å². The number of thiophene rings is 1. The maximum Gasteiger partial charge on any atom is 0.161 e. The zero-order chi connectivity index (χ0) is 37.9. The summed E-state index contributed by atoms with van der Waals surface area (Å²) in [6.45, 7) is 0. The van der Waals surface area contributed by atoms with Crippen molar-refractivity contribution in [3.8, 4) is 27.9 Å². The second-order valence-corrected chi connectivity index (χ2v) is 19.4. The second kappa shape index (κ2) is 14.0. The van der Waals surface area contributed by atoms with Gasteiger partial charge in [-0.1, -0.05) is 175 Å². The molecule has 0 N–H and O–H groups in total. The van der Waals surface area contributed by atoms with Crippen LogP contribution < -0.4 is 0 Å². The molecule has 0 saturated heterocycles. The molecule has 0 fully saturated rings. The fourth-order valence-electron chi connectivity index (χ4n) is 8.11. The third-order valence-electron chi connectivity index (χ3n) is 10.8. The average molecular weight is 860 g/mol. The molecule has 0 aliphatic carbocycles. The minimum absolute atomic E-state index is 0.733. The van der Waals surface area contributed by atoms with Crippen molar-refractivity contribution in [2.75, 3.05) is 0 Å². The third-order valence-corrected chi connectivity index (χ3v) is 16.2. The first-order chi connectivity index (χ1) is 28.2. The molecule has 11 rings (SSSR count). The van der Waals surface area contributed by atoms with Crippen LogP contribution in [0.4, 0.5) is 0 Å². The first-order valence-electron chi connectivity index (χ1n) is 19.0. The summed E-state index contributed by atoms with van der Waals surface area (Å²) in [6.07, 6.45) is 0. The van der Waals surface area contributed by atoms with E-state index < -0.39 is 18.9 Å². The van der Waals surface area contributed by atoms with Gasteiger partial charge in [-0.05, 0) is 64.7 Å². The van der Waals surface area contributed by atoms with Gasteiger partial charge in [0.2, 0.25) is 0 Å². The van der Waals surface area contributed by atoms with Gasteiger partial charge in [-0.2, -0.15) is 0 Å². The number of para-hydroxylation sites is 1. The summed E-state index contributed by atoms with van der Waals surface area (Å²) in [7, 11) is 0. The van der Waals surface area contributed by atoms with E-state index in [2.05, 4.69) is 180 Å². The van der Waals surface area contributed by atoms with Crippen LogP contribution in [-0.2, 0) is 0 Å². The predicted octanol–water partition coefficient (Wildman–Crippen LogP) is 13.8. The largest absolute Gasteiger partial charge is 0.309 e. The van der Waals surface area contributed by atoms with E-state index in [0.717, 1.165) is 35.6 Å². The minimum Gasteiger partial charge on any atom is -0.309 e. The molecule has 5 heteroatoms. The first-order valence-corrected chi connectivity index (χ1v) is 23.5. The van der Waals surface area contributed by atoms with E-state index in [-0.39, 0.29) is 0 Å². The number of amidine groups is 1. The van der Waals surface area contributed by atoms with Crippen LogP contribution in [0.25, 0.3) is 69.9 Å². The molecule has 1 aliphatic heterocycles. The van der Waals surface area contributed by atoms with Gasteiger partial charge in [-0.3, -0.25) is 0 Å². The van der Waals surface area contributed by atoms with Crippen molar-refractivity contribution >= 4 is 89.9 Å². The SMILES string of the molecule is C=I1=C(c2cccc(-c3ccccc3)c2)N=C(c2ccccc2)N=C1c1ccc(-n2c3ccccc3c3cc(-c4cccc5c4sc4ccccc45)ccc32)cc1. The van der Waals surface area contributed by atoms with Crippen LogP contribution in [-0.4, -0.2) is 22.3 Å². The van der Waals surface area contributed by atoms with Gasteiger partial charge in [0, 0.05) is 53.3 Å². The van der Waals surface area contributed by atoms with E-state index >= 15 is 0 Å². The highest BCUT2D eigenvalue weighted by molar-refractivity contribution is 14.2. The molecule has 0 unspecified atom stereocenters. The number of fused-ring (bicyclic) bond motifs is 6. The zero-order valence-corrected chi connectivity index (χ0v) is 33.8. The average Bonchev–Trinajstić information content (AvgIpc) is 3.83. The number of hydrogen-bond acceptors (Lipinski definition) is 3. The molecule has 0 atom stereocenters. The Morgan fingerprint density at radius 1 is 0.439 bits per heavy atom. The lowest BCUT2D eigenvalue weighted by Gasteiger charge is -2.17. The standard InChI is InChI=1S/C52H34IN3S/c1-53-50(54-52(36-16-6-3-7-17-36)55-51(53)39-19-12-18-37(32-39)34-14-4-2-5-15-34)35-26-29-40(30-27-35)56-46-24-10-8-20-42(46)45-33-38(28-31-47(45)56)41-22-13-23-44-43-21-9-11-25-48(43)57-49(41)44/h2-33H,1H2. The molecular weight excluding hydrogens is 826 g/mol. The fraction of sp³-hybridized carbons (Fsp3) is 0. The van der Waals surface area contributed by atoms with Gasteiger partial charge >= 0.3 is 0 Å². The number of hydrogen-bond donors (Lipinski definition) is 0. The van der Waals surface area contributed by atoms with Gasteiger partial charge in [0.05, 0.1) is 11.0 Å². The lowest BCUT2D eigenvalue weighted by atomic mass is 10.0. The Labute approximate surface area is 340 Å². The summed E-state index contributed by atoms with van der Waals surface area (Å²) < 4.78 is 12.0. The summed E-state index contributed by atoms with van der Waals surface area (Å²) in [5.74, 6) is 0.733. The molecule has 2 aromatic heterocycles. The molecule has 10 aromatic rings. The summed E-state index contributed by atoms with van der Waals surface area (Å²) in [5.41, 5.74) is 11.6. The smallest absolute Gasteiger partial charge is 0.161 e. The molecule has 0 bridgehead atoms. The van der Waals surface area contributed by atoms with Crippen LogP contribution in [0.1, 0.15) is 16.7 Å². The van der Waals surface area contributed by atoms with Crippen molar-refractivity contribution in [3.05, 3.63) is 211 Å². The number of halogens is 1. The van der Waals surface area contributed by atoms with Crippen molar-refractivity contribution in [3.63, 3.8) is 0 Å². The van der Waals surface area contributed by atoms with Crippen LogP contribution in [0.5, 0.6) is 0 Å². The molecule has 0 saturated carbocycles. The molecular formula is C52H34IN3S. The second-order valence-electron chi connectivity index (χ2n) is 14.2. The lowest BCUT2D eigenvalue weighted by Crippen LogP contribution is -2.13. The van der Waals surface area contributed by atoms with Crippen molar-refractivity contribution in [1.82, 2.24) is 4.57 Å². The molecule has 0 amide bonds. The number of benzene rings is 8. The highest BCUT2D eigenvalue weighted by atomic mass is 127. The van der Waals surface area contributed by atoms with E-state index in [4.69, 9.17) is 14.5 Å². The predicted molar refractivity (Wildman–Crippen MR) is 256 cm³/mol. The highest BCUT2D eigenvalue weighted by Crippen LogP contribution is 2.42. The zero-order valence-electron chi connectivity index (χ0n) is 30.8. The molecule has 270 valence electrons. The summed E-state index contributed by atoms with van der Waals surface area (Å²) in [4.78, 5) is 10.5. The van der Waals surface area contributed by atoms with Crippen LogP contribution in [0.15, 0.2) is 204 Å². The number of aromatic nitrogens is 1. The van der Waals surface area contributed by atoms with Gasteiger partial charge in [0.25, 0.3) is 0 Å². The number of nitrogens with zero attached hydrogens (tertiary/aromatic N) is 3. The molecule has 3 nitrogen and oxygen atoms in total. The van der Waals surface area contributed by atoms with Gasteiger partial charge < -0.3 is 4.57 Å². The van der Waals surface area contributed by atoms with Crippen LogP contribution in [0.2, 0.25) is 0 Å². The highest BCUT2D eigenvalue weighted by Gasteiger charge is 2.20. The Morgan fingerprint density at radius 3 is 1.89 bits per heavy atom. The van der Waals surface area contributed by atoms with Gasteiger partial charge in [-0.15, -0.1) is 11.3 Å². The summed E-state index contributed by atoms with van der Waals surface area (Å²) >= 11 is -0.402. The van der Waals surface area contributed by atoms with Gasteiger partial charge in [-0.25, -0.2) is 9.98 Å². The maximum absolute atomic E-state index is 5.27. The van der Waals surface area contributed by atoms with Crippen molar-refractivity contribution in [1.29, 1.82) is 0 Å². The molecule has 0 spiro atoms. The maximum atomic E-state index is 5.27. The molecule has 3 heterocycles. The number of rotatable bonds is 6. The summed E-state index contributed by atoms with van der Waals surface area (Å²) in [6, 6.07) is 69.7. The van der Waals surface area contributed by atoms with Gasteiger partial charge in [0.15, 0.2) is 5.84 Å². The first kappa shape index (κ1) is 33.9. The van der Waals surface area contributed by atoms with Gasteiger partial charge in [0.1, 0.15) is 7.35 Å². The molecule has 8 aromatic carbocycles. The number of aliphatic imine (C=N–C) groups is 2.